The summed E-state index contributed by atoms with van der Waals surface area (Å²) in [5, 5.41) is 19.6. The molecule has 0 saturated heterocycles. The van der Waals surface area contributed by atoms with Crippen molar-refractivity contribution in [2.75, 3.05) is 31.0 Å². The largest absolute Gasteiger partial charge is 0.395 e. The second-order valence-electron chi connectivity index (χ2n) is 7.07. The third kappa shape index (κ3) is 4.45. The van der Waals surface area contributed by atoms with Gasteiger partial charge in [-0.25, -0.2) is 13.8 Å². The summed E-state index contributed by atoms with van der Waals surface area (Å²) >= 11 is 1.58. The molecule has 2 N–H and O–H groups in total. The zero-order valence-electron chi connectivity index (χ0n) is 17.6. The second kappa shape index (κ2) is 9.65. The minimum Gasteiger partial charge on any atom is -0.395 e. The fourth-order valence-corrected chi connectivity index (χ4v) is 3.87. The fraction of sp³-hybridized carbons (Fsp3) is 0.174. The summed E-state index contributed by atoms with van der Waals surface area (Å²) in [5.74, 6) is -1.65. The van der Waals surface area contributed by atoms with Gasteiger partial charge in [0.2, 0.25) is 5.95 Å². The molecule has 0 radical (unpaired) electrons. The van der Waals surface area contributed by atoms with Crippen LogP contribution in [0.15, 0.2) is 64.3 Å². The zero-order valence-corrected chi connectivity index (χ0v) is 18.4. The lowest BCUT2D eigenvalue weighted by atomic mass is 10.1. The molecule has 0 amide bonds. The molecule has 170 valence electrons. The van der Waals surface area contributed by atoms with E-state index in [0.29, 0.717) is 22.7 Å². The number of aliphatic hydroxyl groups is 2. The Morgan fingerprint density at radius 1 is 1.03 bits per heavy atom. The maximum Gasteiger partial charge on any atom is 0.256 e. The number of pyridine rings is 1. The summed E-state index contributed by atoms with van der Waals surface area (Å²) < 4.78 is 29.2. The molecule has 4 rings (SSSR count). The lowest BCUT2D eigenvalue weighted by molar-refractivity contribution is 0.256. The van der Waals surface area contributed by atoms with Crippen LogP contribution >= 0.6 is 11.8 Å². The molecule has 0 atom stereocenters. The lowest BCUT2D eigenvalue weighted by Crippen LogP contribution is -2.30. The topological polar surface area (TPSA) is 91.5 Å². The van der Waals surface area contributed by atoms with Crippen LogP contribution in [0.4, 0.5) is 14.7 Å². The molecule has 0 fully saturated rings. The van der Waals surface area contributed by atoms with E-state index in [2.05, 4.69) is 9.97 Å². The third-order valence-electron chi connectivity index (χ3n) is 5.08. The Bertz CT molecular complexity index is 1360. The molecular formula is C23H20F2N4O3S. The number of thioether (sulfide) groups is 1. The van der Waals surface area contributed by atoms with Gasteiger partial charge in [-0.1, -0.05) is 12.1 Å². The Labute approximate surface area is 192 Å². The molecule has 4 aromatic rings. The highest BCUT2D eigenvalue weighted by Crippen LogP contribution is 2.30. The Balaban J connectivity index is 2.07. The Morgan fingerprint density at radius 3 is 2.42 bits per heavy atom. The summed E-state index contributed by atoms with van der Waals surface area (Å²) in [6.45, 7) is -0.721. The second-order valence-corrected chi connectivity index (χ2v) is 7.95. The van der Waals surface area contributed by atoms with Crippen LogP contribution in [-0.4, -0.2) is 50.9 Å². The predicted molar refractivity (Wildman–Crippen MR) is 124 cm³/mol. The molecule has 0 saturated carbocycles. The SMILES string of the molecule is CSc1ccc(-c2nc(N(CO)CCO)nc3c2ccc(=O)n3-c2ccc(F)cc2F)cc1. The summed E-state index contributed by atoms with van der Waals surface area (Å²) in [4.78, 5) is 24.2. The number of halogens is 2. The summed E-state index contributed by atoms with van der Waals surface area (Å²) in [5.41, 5.74) is 0.513. The number of hydrogen-bond acceptors (Lipinski definition) is 7. The van der Waals surface area contributed by atoms with E-state index in [1.807, 2.05) is 30.5 Å². The van der Waals surface area contributed by atoms with Crippen LogP contribution in [0.3, 0.4) is 0 Å². The number of aliphatic hydroxyl groups excluding tert-OH is 2. The molecule has 0 unspecified atom stereocenters. The highest BCUT2D eigenvalue weighted by molar-refractivity contribution is 7.98. The molecule has 0 bridgehead atoms. The van der Waals surface area contributed by atoms with Crippen LogP contribution < -0.4 is 10.5 Å². The highest BCUT2D eigenvalue weighted by Gasteiger charge is 2.19. The average Bonchev–Trinajstić information content (AvgIpc) is 2.82. The van der Waals surface area contributed by atoms with Gasteiger partial charge in [-0.15, -0.1) is 11.8 Å². The number of rotatable bonds is 7. The Kier molecular flexibility index (Phi) is 6.68. The van der Waals surface area contributed by atoms with Crippen molar-refractivity contribution < 1.29 is 19.0 Å². The van der Waals surface area contributed by atoms with Crippen LogP contribution in [0.2, 0.25) is 0 Å². The molecule has 10 heteroatoms. The maximum absolute atomic E-state index is 14.7. The van der Waals surface area contributed by atoms with Crippen molar-refractivity contribution in [3.8, 4) is 16.9 Å². The molecule has 2 aromatic carbocycles. The van der Waals surface area contributed by atoms with E-state index in [-0.39, 0.29) is 30.4 Å². The van der Waals surface area contributed by atoms with Gasteiger partial charge in [-0.3, -0.25) is 9.36 Å². The first-order valence-corrected chi connectivity index (χ1v) is 11.2. The molecule has 0 aliphatic rings. The van der Waals surface area contributed by atoms with E-state index in [1.165, 1.54) is 11.0 Å². The van der Waals surface area contributed by atoms with Crippen LogP contribution in [0, 0.1) is 11.6 Å². The number of anilines is 1. The van der Waals surface area contributed by atoms with Crippen molar-refractivity contribution in [3.05, 3.63) is 76.6 Å². The summed E-state index contributed by atoms with van der Waals surface area (Å²) in [7, 11) is 0. The minimum atomic E-state index is -0.926. The van der Waals surface area contributed by atoms with E-state index in [9.17, 15) is 23.8 Å². The van der Waals surface area contributed by atoms with Crippen LogP contribution in [0.25, 0.3) is 28.0 Å². The van der Waals surface area contributed by atoms with Gasteiger partial charge in [0.1, 0.15) is 18.4 Å². The van der Waals surface area contributed by atoms with E-state index in [1.54, 1.807) is 17.8 Å². The van der Waals surface area contributed by atoms with Gasteiger partial charge in [0, 0.05) is 34.5 Å². The van der Waals surface area contributed by atoms with Gasteiger partial charge in [0.15, 0.2) is 5.65 Å². The molecule has 0 aliphatic heterocycles. The summed E-state index contributed by atoms with van der Waals surface area (Å²) in [6, 6.07) is 13.3. The number of nitrogens with zero attached hydrogens (tertiary/aromatic N) is 4. The van der Waals surface area contributed by atoms with Crippen molar-refractivity contribution in [2.24, 2.45) is 0 Å². The number of aromatic nitrogens is 3. The van der Waals surface area contributed by atoms with E-state index < -0.39 is 23.9 Å². The normalized spacial score (nSPS) is 11.2. The first-order chi connectivity index (χ1) is 16.0. The standard InChI is InChI=1S/C23H20F2N4O3S/c1-33-16-5-2-14(3-6-16)21-17-7-9-20(32)29(19-8-4-15(24)12-18(19)25)22(17)27-23(26-21)28(13-31)10-11-30/h2-9,12,30-31H,10-11,13H2,1H3. The van der Waals surface area contributed by atoms with Gasteiger partial charge in [-0.2, -0.15) is 4.98 Å². The first kappa shape index (κ1) is 22.8. The van der Waals surface area contributed by atoms with Crippen molar-refractivity contribution >= 4 is 28.7 Å². The highest BCUT2D eigenvalue weighted by atomic mass is 32.2. The summed E-state index contributed by atoms with van der Waals surface area (Å²) in [6.07, 6.45) is 1.96. The van der Waals surface area contributed by atoms with Crippen LogP contribution in [0.1, 0.15) is 0 Å². The van der Waals surface area contributed by atoms with E-state index in [0.717, 1.165) is 21.6 Å². The van der Waals surface area contributed by atoms with Gasteiger partial charge >= 0.3 is 0 Å². The van der Waals surface area contributed by atoms with Crippen LogP contribution in [0.5, 0.6) is 0 Å². The molecule has 2 aromatic heterocycles. The van der Waals surface area contributed by atoms with E-state index >= 15 is 0 Å². The Hall–Kier alpha value is -3.34. The Morgan fingerprint density at radius 2 is 1.79 bits per heavy atom. The van der Waals surface area contributed by atoms with Gasteiger partial charge in [-0.05, 0) is 36.6 Å². The molecular weight excluding hydrogens is 450 g/mol. The maximum atomic E-state index is 14.7. The zero-order chi connectivity index (χ0) is 23.5. The van der Waals surface area contributed by atoms with Crippen LogP contribution in [-0.2, 0) is 0 Å². The smallest absolute Gasteiger partial charge is 0.256 e. The van der Waals surface area contributed by atoms with Crippen molar-refractivity contribution in [1.82, 2.24) is 14.5 Å². The monoisotopic (exact) mass is 470 g/mol. The van der Waals surface area contributed by atoms with Crippen molar-refractivity contribution in [2.45, 2.75) is 4.90 Å². The lowest BCUT2D eigenvalue weighted by Gasteiger charge is -2.21. The van der Waals surface area contributed by atoms with Gasteiger partial charge in [0.05, 0.1) is 18.0 Å². The number of fused-ring (bicyclic) bond motifs is 1. The minimum absolute atomic E-state index is 0.0365. The molecule has 33 heavy (non-hydrogen) atoms. The molecule has 0 aliphatic carbocycles. The van der Waals surface area contributed by atoms with Gasteiger partial charge < -0.3 is 15.1 Å². The molecule has 2 heterocycles. The van der Waals surface area contributed by atoms with Gasteiger partial charge in [0.25, 0.3) is 5.56 Å². The predicted octanol–water partition coefficient (Wildman–Crippen LogP) is 3.20. The van der Waals surface area contributed by atoms with Crippen molar-refractivity contribution in [1.29, 1.82) is 0 Å². The number of benzene rings is 2. The molecule has 7 nitrogen and oxygen atoms in total. The average molecular weight is 471 g/mol. The third-order valence-corrected chi connectivity index (χ3v) is 5.82. The first-order valence-electron chi connectivity index (χ1n) is 9.97. The van der Waals surface area contributed by atoms with Crippen molar-refractivity contribution in [3.63, 3.8) is 0 Å². The fourth-order valence-electron chi connectivity index (χ4n) is 3.46. The number of hydrogen-bond donors (Lipinski definition) is 2. The molecule has 0 spiro atoms. The van der Waals surface area contributed by atoms with E-state index in [4.69, 9.17) is 0 Å². The quantitative estimate of drug-likeness (QED) is 0.317.